The van der Waals surface area contributed by atoms with Crippen molar-refractivity contribution in [2.45, 2.75) is 19.4 Å². The predicted octanol–water partition coefficient (Wildman–Crippen LogP) is 6.50. The fourth-order valence-corrected chi connectivity index (χ4v) is 8.21. The van der Waals surface area contributed by atoms with Crippen molar-refractivity contribution >= 4 is 118 Å². The molecular formula is C18H10Br4Cl2N2O4S2. The quantitative estimate of drug-likeness (QED) is 0.332. The summed E-state index contributed by atoms with van der Waals surface area (Å²) in [6.45, 7) is 0. The second kappa shape index (κ2) is 10.3. The fraction of sp³-hybridized carbons (Fsp3) is 0.111. The molecule has 1 aliphatic carbocycles. The summed E-state index contributed by atoms with van der Waals surface area (Å²) in [4.78, 5) is -1.53. The van der Waals surface area contributed by atoms with E-state index in [1.807, 2.05) is 0 Å². The summed E-state index contributed by atoms with van der Waals surface area (Å²) in [6, 6.07) is 11.2. The lowest BCUT2D eigenvalue weighted by atomic mass is 10.0. The molecule has 6 nitrogen and oxygen atoms in total. The van der Waals surface area contributed by atoms with Crippen LogP contribution >= 0.6 is 86.9 Å². The maximum Gasteiger partial charge on any atom is 0.282 e. The van der Waals surface area contributed by atoms with Gasteiger partial charge in [-0.25, -0.2) is 0 Å². The second-order valence-corrected chi connectivity index (χ2v) is 13.9. The van der Waals surface area contributed by atoms with Crippen molar-refractivity contribution in [2.24, 2.45) is 8.80 Å². The summed E-state index contributed by atoms with van der Waals surface area (Å²) in [6.07, 6.45) is 0. The van der Waals surface area contributed by atoms with Gasteiger partial charge in [0.15, 0.2) is 0 Å². The SMILES string of the molecule is O=S(=O)(N=C1C(Br)=C(Br)C(=NS(=O)(=O)c2ccc(Cl)cc2)[C@H](Br)[C@H]1Br)c1ccc(Cl)cc1. The zero-order valence-corrected chi connectivity index (χ0v) is 24.9. The molecule has 0 saturated carbocycles. The Hall–Kier alpha value is -0.0800. The first-order valence-corrected chi connectivity index (χ1v) is 15.4. The minimum absolute atomic E-state index is 0.0403. The highest BCUT2D eigenvalue weighted by molar-refractivity contribution is 9.15. The van der Waals surface area contributed by atoms with Gasteiger partial charge in [0.1, 0.15) is 0 Å². The summed E-state index contributed by atoms with van der Waals surface area (Å²) in [5.41, 5.74) is 0.244. The number of sulfonamides is 2. The van der Waals surface area contributed by atoms with Gasteiger partial charge in [-0.2, -0.15) is 25.6 Å². The molecule has 0 bridgehead atoms. The molecule has 0 heterocycles. The Morgan fingerprint density at radius 2 is 0.906 bits per heavy atom. The van der Waals surface area contributed by atoms with Crippen LogP contribution in [-0.4, -0.2) is 37.9 Å². The van der Waals surface area contributed by atoms with Crippen LogP contribution in [-0.2, 0) is 20.0 Å². The van der Waals surface area contributed by atoms with Crippen LogP contribution in [0.15, 0.2) is 76.1 Å². The van der Waals surface area contributed by atoms with Crippen LogP contribution in [0.2, 0.25) is 10.0 Å². The van der Waals surface area contributed by atoms with Crippen LogP contribution < -0.4 is 0 Å². The molecule has 1 aliphatic rings. The molecule has 0 aromatic heterocycles. The number of rotatable bonds is 4. The van der Waals surface area contributed by atoms with Gasteiger partial charge in [-0.1, -0.05) is 55.1 Å². The third-order valence-corrected chi connectivity index (χ3v) is 12.0. The standard InChI is InChI=1S/C18H10Br4Cl2N2O4S2/c19-13-15(21)18(26-32(29,30)12-7-3-10(24)4-8-12)16(22)14(20)17(13)25-31(27,28)11-5-1-9(23)2-6-11/h1-8,13,15H/t13-,15-/m1/s1. The summed E-state index contributed by atoms with van der Waals surface area (Å²) >= 11 is 25.1. The number of alkyl halides is 2. The van der Waals surface area contributed by atoms with Crippen molar-refractivity contribution in [3.05, 3.63) is 67.5 Å². The largest absolute Gasteiger partial charge is 0.282 e. The number of benzene rings is 2. The summed E-state index contributed by atoms with van der Waals surface area (Å²) < 4.78 is 59.5. The summed E-state index contributed by atoms with van der Waals surface area (Å²) in [5, 5.41) is 0.777. The molecule has 2 aromatic rings. The number of halogens is 6. The van der Waals surface area contributed by atoms with E-state index in [-0.39, 0.29) is 30.2 Å². The lowest BCUT2D eigenvalue weighted by molar-refractivity contribution is 0.596. The molecule has 0 amide bonds. The minimum atomic E-state index is -4.07. The third kappa shape index (κ3) is 5.76. The number of nitrogens with zero attached hydrogens (tertiary/aromatic N) is 2. The zero-order chi connectivity index (χ0) is 23.8. The Morgan fingerprint density at radius 3 is 1.19 bits per heavy atom. The fourth-order valence-electron chi connectivity index (χ4n) is 2.50. The van der Waals surface area contributed by atoms with E-state index in [2.05, 4.69) is 72.5 Å². The normalized spacial score (nSPS) is 22.6. The van der Waals surface area contributed by atoms with E-state index >= 15 is 0 Å². The molecule has 14 heteroatoms. The van der Waals surface area contributed by atoms with Crippen LogP contribution in [0.3, 0.4) is 0 Å². The van der Waals surface area contributed by atoms with Gasteiger partial charge in [0.05, 0.1) is 39.8 Å². The highest BCUT2D eigenvalue weighted by Gasteiger charge is 2.38. The second-order valence-electron chi connectivity index (χ2n) is 6.24. The van der Waals surface area contributed by atoms with Crippen molar-refractivity contribution in [3.63, 3.8) is 0 Å². The molecule has 0 aliphatic heterocycles. The van der Waals surface area contributed by atoms with Gasteiger partial charge in [0.25, 0.3) is 20.0 Å². The van der Waals surface area contributed by atoms with Crippen molar-refractivity contribution in [2.75, 3.05) is 0 Å². The van der Waals surface area contributed by atoms with Crippen molar-refractivity contribution in [1.82, 2.24) is 0 Å². The van der Waals surface area contributed by atoms with Gasteiger partial charge in [-0.3, -0.25) is 0 Å². The molecule has 2 aromatic carbocycles. The molecule has 3 rings (SSSR count). The van der Waals surface area contributed by atoms with E-state index in [0.717, 1.165) is 0 Å². The molecular weight excluding hydrogens is 763 g/mol. The van der Waals surface area contributed by atoms with Crippen LogP contribution in [0.4, 0.5) is 0 Å². The number of hydrogen-bond acceptors (Lipinski definition) is 4. The first-order chi connectivity index (χ1) is 14.8. The third-order valence-electron chi connectivity index (χ3n) is 4.08. The monoisotopic (exact) mass is 768 g/mol. The predicted molar refractivity (Wildman–Crippen MR) is 142 cm³/mol. The molecule has 0 radical (unpaired) electrons. The molecule has 0 spiro atoms. The molecule has 0 fully saturated rings. The van der Waals surface area contributed by atoms with Gasteiger partial charge in [0, 0.05) is 10.0 Å². The Kier molecular flexibility index (Phi) is 8.51. The lowest BCUT2D eigenvalue weighted by Gasteiger charge is -2.26. The van der Waals surface area contributed by atoms with Crippen LogP contribution in [0.1, 0.15) is 0 Å². The van der Waals surface area contributed by atoms with Crippen molar-refractivity contribution in [1.29, 1.82) is 0 Å². The highest BCUT2D eigenvalue weighted by atomic mass is 79.9. The van der Waals surface area contributed by atoms with Crippen molar-refractivity contribution in [3.8, 4) is 0 Å². The van der Waals surface area contributed by atoms with Gasteiger partial charge in [-0.05, 0) is 80.4 Å². The highest BCUT2D eigenvalue weighted by Crippen LogP contribution is 2.38. The average molecular weight is 773 g/mol. The molecule has 0 N–H and O–H groups in total. The molecule has 170 valence electrons. The van der Waals surface area contributed by atoms with Gasteiger partial charge in [0.2, 0.25) is 0 Å². The van der Waals surface area contributed by atoms with Crippen LogP contribution in [0.5, 0.6) is 0 Å². The zero-order valence-electron chi connectivity index (χ0n) is 15.4. The Balaban J connectivity index is 2.09. The first-order valence-electron chi connectivity index (χ1n) is 8.38. The van der Waals surface area contributed by atoms with Gasteiger partial charge >= 0.3 is 0 Å². The van der Waals surface area contributed by atoms with E-state index in [0.29, 0.717) is 10.0 Å². The van der Waals surface area contributed by atoms with E-state index in [1.165, 1.54) is 48.5 Å². The van der Waals surface area contributed by atoms with E-state index < -0.39 is 29.7 Å². The van der Waals surface area contributed by atoms with Gasteiger partial charge in [-0.15, -0.1) is 0 Å². The van der Waals surface area contributed by atoms with E-state index in [1.54, 1.807) is 0 Å². The molecule has 2 atom stereocenters. The summed E-state index contributed by atoms with van der Waals surface area (Å²) in [7, 11) is -8.13. The maximum absolute atomic E-state index is 12.8. The Bertz CT molecular complexity index is 1250. The number of hydrogen-bond donors (Lipinski definition) is 0. The molecule has 0 unspecified atom stereocenters. The van der Waals surface area contributed by atoms with Crippen LogP contribution in [0, 0.1) is 0 Å². The minimum Gasteiger partial charge on any atom is -0.199 e. The van der Waals surface area contributed by atoms with Gasteiger partial charge < -0.3 is 0 Å². The molecule has 0 saturated heterocycles. The summed E-state index contributed by atoms with van der Waals surface area (Å²) in [5.74, 6) is 0. The first kappa shape index (κ1) is 26.5. The average Bonchev–Trinajstić information content (AvgIpc) is 2.73. The topological polar surface area (TPSA) is 93.0 Å². The number of allylic oxidation sites excluding steroid dienone is 2. The Labute approximate surface area is 228 Å². The smallest absolute Gasteiger partial charge is 0.199 e. The van der Waals surface area contributed by atoms with Crippen LogP contribution in [0.25, 0.3) is 0 Å². The Morgan fingerprint density at radius 1 is 0.625 bits per heavy atom. The molecule has 32 heavy (non-hydrogen) atoms. The van der Waals surface area contributed by atoms with Crippen molar-refractivity contribution < 1.29 is 16.8 Å². The lowest BCUT2D eigenvalue weighted by Crippen LogP contribution is -2.37. The van der Waals surface area contributed by atoms with E-state index in [4.69, 9.17) is 23.2 Å². The van der Waals surface area contributed by atoms with E-state index in [9.17, 15) is 16.8 Å². The maximum atomic E-state index is 12.8.